The van der Waals surface area contributed by atoms with E-state index in [2.05, 4.69) is 60.9 Å². The summed E-state index contributed by atoms with van der Waals surface area (Å²) < 4.78 is 1.10. The summed E-state index contributed by atoms with van der Waals surface area (Å²) >= 11 is 0. The van der Waals surface area contributed by atoms with Crippen LogP contribution >= 0.6 is 0 Å². The number of likely N-dealkylation sites (N-methyl/N-ethyl adjacent to an activating group) is 2. The van der Waals surface area contributed by atoms with E-state index in [1.165, 1.54) is 12.8 Å². The fourth-order valence-electron chi connectivity index (χ4n) is 5.12. The molecule has 0 heterocycles. The molecule has 0 radical (unpaired) electrons. The zero-order valence-corrected chi connectivity index (χ0v) is 13.0. The first kappa shape index (κ1) is 13.4. The first-order valence-electron chi connectivity index (χ1n) is 7.01. The number of rotatable bonds is 2. The smallest absolute Gasteiger partial charge is 0.108 e. The Bertz CT molecular complexity index is 313. The van der Waals surface area contributed by atoms with Crippen LogP contribution in [-0.4, -0.2) is 56.7 Å². The third kappa shape index (κ3) is 1.53. The van der Waals surface area contributed by atoms with Crippen LogP contribution in [0, 0.1) is 16.7 Å². The molecule has 0 unspecified atom stereocenters. The summed E-state index contributed by atoms with van der Waals surface area (Å²) in [4.78, 5) is 2.50. The zero-order chi connectivity index (χ0) is 13.2. The van der Waals surface area contributed by atoms with Gasteiger partial charge in [-0.15, -0.1) is 0 Å². The maximum Gasteiger partial charge on any atom is 0.108 e. The summed E-state index contributed by atoms with van der Waals surface area (Å²) in [5, 5.41) is 0. The van der Waals surface area contributed by atoms with Crippen molar-refractivity contribution < 1.29 is 4.48 Å². The second-order valence-corrected chi connectivity index (χ2v) is 8.30. The van der Waals surface area contributed by atoms with Crippen molar-refractivity contribution in [3.8, 4) is 0 Å². The monoisotopic (exact) mass is 239 g/mol. The van der Waals surface area contributed by atoms with Crippen LogP contribution in [0.25, 0.3) is 0 Å². The molecule has 17 heavy (non-hydrogen) atoms. The Morgan fingerprint density at radius 2 is 1.59 bits per heavy atom. The van der Waals surface area contributed by atoms with Gasteiger partial charge in [0.2, 0.25) is 0 Å². The molecule has 2 saturated carbocycles. The maximum absolute atomic E-state index is 2.54. The van der Waals surface area contributed by atoms with E-state index in [4.69, 9.17) is 0 Å². The van der Waals surface area contributed by atoms with Crippen molar-refractivity contribution in [2.75, 3.05) is 35.2 Å². The molecule has 2 bridgehead atoms. The SMILES string of the molecule is CN(C)[C@@H]1[C@H]([N+](C)(C)C)[C@@H]2CC[C@]1(C)C2(C)C. The molecule has 0 amide bonds. The summed E-state index contributed by atoms with van der Waals surface area (Å²) in [5.41, 5.74) is 0.968. The van der Waals surface area contributed by atoms with E-state index < -0.39 is 0 Å². The normalized spacial score (nSPS) is 44.6. The van der Waals surface area contributed by atoms with Crippen molar-refractivity contribution in [2.45, 2.75) is 45.7 Å². The van der Waals surface area contributed by atoms with Crippen molar-refractivity contribution >= 4 is 0 Å². The van der Waals surface area contributed by atoms with Crippen LogP contribution in [0.1, 0.15) is 33.6 Å². The van der Waals surface area contributed by atoms with Crippen molar-refractivity contribution in [1.82, 2.24) is 4.90 Å². The van der Waals surface area contributed by atoms with Gasteiger partial charge in [-0.2, -0.15) is 0 Å². The summed E-state index contributed by atoms with van der Waals surface area (Å²) in [6.07, 6.45) is 2.83. The van der Waals surface area contributed by atoms with E-state index >= 15 is 0 Å². The minimum absolute atomic E-state index is 0.483. The van der Waals surface area contributed by atoms with Crippen LogP contribution in [0.5, 0.6) is 0 Å². The minimum Gasteiger partial charge on any atom is -0.327 e. The molecule has 2 aliphatic rings. The van der Waals surface area contributed by atoms with E-state index in [1.54, 1.807) is 0 Å². The van der Waals surface area contributed by atoms with Gasteiger partial charge in [-0.05, 0) is 37.8 Å². The molecule has 0 aromatic carbocycles. The lowest BCUT2D eigenvalue weighted by Gasteiger charge is -2.47. The Morgan fingerprint density at radius 3 is 1.94 bits per heavy atom. The quantitative estimate of drug-likeness (QED) is 0.669. The van der Waals surface area contributed by atoms with Gasteiger partial charge in [-0.3, -0.25) is 0 Å². The standard InChI is InChI=1S/C15H31N2/c1-14(2)11-9-10-15(14,3)13(16(4)5)12(11)17(6,7)8/h11-13H,9-10H2,1-8H3/q+1/t11-,12+,13+,15-/m0/s1. The first-order chi connectivity index (χ1) is 7.53. The highest BCUT2D eigenvalue weighted by molar-refractivity contribution is 5.17. The molecule has 2 fully saturated rings. The molecule has 0 aromatic rings. The van der Waals surface area contributed by atoms with E-state index in [-0.39, 0.29) is 0 Å². The van der Waals surface area contributed by atoms with E-state index in [9.17, 15) is 0 Å². The molecular weight excluding hydrogens is 208 g/mol. The lowest BCUT2D eigenvalue weighted by Crippen LogP contribution is -2.60. The predicted molar refractivity (Wildman–Crippen MR) is 73.9 cm³/mol. The van der Waals surface area contributed by atoms with Crippen LogP contribution in [-0.2, 0) is 0 Å². The second kappa shape index (κ2) is 3.48. The van der Waals surface area contributed by atoms with Gasteiger partial charge in [0.1, 0.15) is 6.04 Å². The van der Waals surface area contributed by atoms with Gasteiger partial charge in [0.15, 0.2) is 0 Å². The maximum atomic E-state index is 2.54. The highest BCUT2D eigenvalue weighted by Crippen LogP contribution is 2.67. The Hall–Kier alpha value is -0.0800. The fraction of sp³-hybridized carbons (Fsp3) is 1.00. The third-order valence-electron chi connectivity index (χ3n) is 6.21. The van der Waals surface area contributed by atoms with Crippen LogP contribution < -0.4 is 0 Å². The van der Waals surface area contributed by atoms with Gasteiger partial charge < -0.3 is 9.38 Å². The molecule has 2 nitrogen and oxygen atoms in total. The highest BCUT2D eigenvalue weighted by Gasteiger charge is 2.70. The van der Waals surface area contributed by atoms with Crippen molar-refractivity contribution in [2.24, 2.45) is 16.7 Å². The van der Waals surface area contributed by atoms with E-state index in [0.29, 0.717) is 10.8 Å². The Kier molecular flexibility index (Phi) is 2.73. The largest absolute Gasteiger partial charge is 0.327 e. The van der Waals surface area contributed by atoms with Crippen LogP contribution in [0.4, 0.5) is 0 Å². The number of quaternary nitrogens is 1. The number of fused-ring (bicyclic) bond motifs is 2. The molecule has 2 heteroatoms. The average molecular weight is 239 g/mol. The van der Waals surface area contributed by atoms with E-state index in [0.717, 1.165) is 22.5 Å². The Morgan fingerprint density at radius 1 is 1.06 bits per heavy atom. The fourth-order valence-corrected chi connectivity index (χ4v) is 5.12. The van der Waals surface area contributed by atoms with Gasteiger partial charge in [-0.1, -0.05) is 20.8 Å². The molecule has 0 aliphatic heterocycles. The van der Waals surface area contributed by atoms with Crippen molar-refractivity contribution in [3.05, 3.63) is 0 Å². The Labute approximate surface area is 108 Å². The molecule has 100 valence electrons. The van der Waals surface area contributed by atoms with Crippen LogP contribution in [0.15, 0.2) is 0 Å². The summed E-state index contributed by atoms with van der Waals surface area (Å²) in [7, 11) is 11.7. The van der Waals surface area contributed by atoms with Crippen LogP contribution in [0.3, 0.4) is 0 Å². The lowest BCUT2D eigenvalue weighted by molar-refractivity contribution is -0.902. The van der Waals surface area contributed by atoms with Gasteiger partial charge in [0.05, 0.1) is 27.2 Å². The topological polar surface area (TPSA) is 3.24 Å². The van der Waals surface area contributed by atoms with Gasteiger partial charge in [0.25, 0.3) is 0 Å². The first-order valence-corrected chi connectivity index (χ1v) is 7.01. The van der Waals surface area contributed by atoms with E-state index in [1.807, 2.05) is 0 Å². The predicted octanol–water partition coefficient (Wildman–Crippen LogP) is 2.45. The average Bonchev–Trinajstić information content (AvgIpc) is 2.44. The summed E-state index contributed by atoms with van der Waals surface area (Å²) in [6.45, 7) is 7.56. The second-order valence-electron chi connectivity index (χ2n) is 8.30. The summed E-state index contributed by atoms with van der Waals surface area (Å²) in [5.74, 6) is 0.875. The van der Waals surface area contributed by atoms with Gasteiger partial charge in [-0.25, -0.2) is 0 Å². The molecule has 0 aromatic heterocycles. The molecule has 0 spiro atoms. The lowest BCUT2D eigenvalue weighted by atomic mass is 9.69. The van der Waals surface area contributed by atoms with Crippen LogP contribution in [0.2, 0.25) is 0 Å². The van der Waals surface area contributed by atoms with Crippen molar-refractivity contribution in [3.63, 3.8) is 0 Å². The van der Waals surface area contributed by atoms with Crippen molar-refractivity contribution in [1.29, 1.82) is 0 Å². The zero-order valence-electron chi connectivity index (χ0n) is 13.0. The number of hydrogen-bond acceptors (Lipinski definition) is 1. The molecule has 0 saturated heterocycles. The highest BCUT2D eigenvalue weighted by atomic mass is 15.4. The number of nitrogens with zero attached hydrogens (tertiary/aromatic N) is 2. The third-order valence-corrected chi connectivity index (χ3v) is 6.21. The minimum atomic E-state index is 0.483. The Balaban J connectivity index is 2.49. The van der Waals surface area contributed by atoms with Gasteiger partial charge >= 0.3 is 0 Å². The molecule has 2 aliphatic carbocycles. The summed E-state index contributed by atoms with van der Waals surface area (Å²) in [6, 6.07) is 1.50. The molecule has 4 atom stereocenters. The molecule has 0 N–H and O–H groups in total. The molecular formula is C15H31N2+. The van der Waals surface area contributed by atoms with Gasteiger partial charge in [0, 0.05) is 5.92 Å². The molecule has 2 rings (SSSR count). The number of hydrogen-bond donors (Lipinski definition) is 0.